The first kappa shape index (κ1) is 18.6. The number of nitriles is 2. The first-order valence-electron chi connectivity index (χ1n) is 7.67. The van der Waals surface area contributed by atoms with Gasteiger partial charge in [0.1, 0.15) is 23.4 Å². The van der Waals surface area contributed by atoms with Crippen molar-refractivity contribution in [1.29, 1.82) is 10.5 Å². The Morgan fingerprint density at radius 1 is 1.24 bits per heavy atom. The minimum Gasteiger partial charge on any atom is -0.443 e. The van der Waals surface area contributed by atoms with Crippen LogP contribution in [-0.2, 0) is 4.74 Å². The molecule has 1 saturated heterocycles. The van der Waals surface area contributed by atoms with Crippen LogP contribution in [-0.4, -0.2) is 34.1 Å². The number of hydrogen-bond donors (Lipinski definition) is 0. The molecule has 25 heavy (non-hydrogen) atoms. The van der Waals surface area contributed by atoms with Crippen LogP contribution in [0.1, 0.15) is 26.3 Å². The highest BCUT2D eigenvalue weighted by molar-refractivity contribution is 8.14. The summed E-state index contributed by atoms with van der Waals surface area (Å²) in [6.07, 6.45) is -0.487. The molecule has 0 aliphatic carbocycles. The van der Waals surface area contributed by atoms with E-state index in [1.54, 1.807) is 45.0 Å². The minimum absolute atomic E-state index is 0.102. The van der Waals surface area contributed by atoms with Crippen LogP contribution in [0.2, 0.25) is 0 Å². The van der Waals surface area contributed by atoms with Gasteiger partial charge in [0.2, 0.25) is 0 Å². The third-order valence-electron chi connectivity index (χ3n) is 3.11. The van der Waals surface area contributed by atoms with Gasteiger partial charge in [0.05, 0.1) is 0 Å². The molecule has 0 saturated carbocycles. The molecular formula is C18H18N4O2S. The van der Waals surface area contributed by atoms with Gasteiger partial charge in [-0.25, -0.2) is 9.79 Å². The van der Waals surface area contributed by atoms with Crippen molar-refractivity contribution in [3.8, 4) is 12.1 Å². The van der Waals surface area contributed by atoms with Gasteiger partial charge in [-0.15, -0.1) is 0 Å². The molecule has 128 valence electrons. The molecular weight excluding hydrogens is 336 g/mol. The van der Waals surface area contributed by atoms with Crippen molar-refractivity contribution in [2.45, 2.75) is 26.4 Å². The number of benzene rings is 1. The van der Waals surface area contributed by atoms with Crippen LogP contribution >= 0.6 is 11.8 Å². The third-order valence-corrected chi connectivity index (χ3v) is 4.06. The lowest BCUT2D eigenvalue weighted by Crippen LogP contribution is -2.37. The number of carbonyl (C=O) groups excluding carboxylic acids is 1. The number of aliphatic imine (C=N–C) groups is 1. The van der Waals surface area contributed by atoms with Crippen molar-refractivity contribution in [3.63, 3.8) is 0 Å². The summed E-state index contributed by atoms with van der Waals surface area (Å²) in [5.41, 5.74) is 0.182. The second-order valence-electron chi connectivity index (χ2n) is 6.19. The number of carbonyl (C=O) groups is 1. The van der Waals surface area contributed by atoms with E-state index in [4.69, 9.17) is 4.74 Å². The highest BCUT2D eigenvalue weighted by Gasteiger charge is 2.30. The van der Waals surface area contributed by atoms with Crippen molar-refractivity contribution < 1.29 is 9.53 Å². The zero-order chi connectivity index (χ0) is 18.4. The standard InChI is InChI=1S/C18H18N4O2S/c1-18(2,3)24-17(23)22-9-10-25-16(22)21-15(14(11-19)12-20)13-7-5-4-6-8-13/h4-8H,9-10H2,1-3H3. The average Bonchev–Trinajstić information content (AvgIpc) is 3.02. The zero-order valence-corrected chi connectivity index (χ0v) is 15.1. The molecule has 6 nitrogen and oxygen atoms in total. The molecule has 0 spiro atoms. The first-order valence-corrected chi connectivity index (χ1v) is 8.66. The Hall–Kier alpha value is -2.77. The van der Waals surface area contributed by atoms with E-state index in [-0.39, 0.29) is 11.3 Å². The molecule has 2 rings (SSSR count). The molecule has 1 amide bonds. The van der Waals surface area contributed by atoms with E-state index >= 15 is 0 Å². The molecule has 1 aliphatic rings. The number of allylic oxidation sites excluding steroid dienone is 1. The number of rotatable bonds is 2. The fraction of sp³-hybridized carbons (Fsp3) is 0.333. The maximum Gasteiger partial charge on any atom is 0.416 e. The number of amides is 1. The molecule has 1 aromatic rings. The Labute approximate surface area is 151 Å². The van der Waals surface area contributed by atoms with Crippen molar-refractivity contribution in [3.05, 3.63) is 41.5 Å². The van der Waals surface area contributed by atoms with Crippen molar-refractivity contribution in [2.75, 3.05) is 12.3 Å². The predicted octanol–water partition coefficient (Wildman–Crippen LogP) is 3.78. The molecule has 7 heteroatoms. The minimum atomic E-state index is -0.613. The molecule has 1 aromatic carbocycles. The second kappa shape index (κ2) is 7.87. The molecule has 1 fully saturated rings. The Bertz CT molecular complexity index is 779. The summed E-state index contributed by atoms with van der Waals surface area (Å²) in [5.74, 6) is 0.675. The van der Waals surface area contributed by atoms with Crippen LogP contribution < -0.4 is 0 Å². The molecule has 0 aromatic heterocycles. The maximum atomic E-state index is 12.4. The summed E-state index contributed by atoms with van der Waals surface area (Å²) in [4.78, 5) is 18.3. The van der Waals surface area contributed by atoms with Gasteiger partial charge in [0.25, 0.3) is 0 Å². The van der Waals surface area contributed by atoms with Gasteiger partial charge in [0, 0.05) is 17.9 Å². The number of ether oxygens (including phenoxy) is 1. The number of amidine groups is 1. The van der Waals surface area contributed by atoms with Crippen LogP contribution in [0.25, 0.3) is 5.70 Å². The average molecular weight is 354 g/mol. The van der Waals surface area contributed by atoms with Gasteiger partial charge < -0.3 is 4.74 Å². The number of thioether (sulfide) groups is 1. The van der Waals surface area contributed by atoms with Gasteiger partial charge in [0.15, 0.2) is 10.7 Å². The van der Waals surface area contributed by atoms with Gasteiger partial charge in [-0.1, -0.05) is 42.1 Å². The Balaban J connectivity index is 2.43. The summed E-state index contributed by atoms with van der Waals surface area (Å²) >= 11 is 1.39. The van der Waals surface area contributed by atoms with Crippen LogP contribution in [0, 0.1) is 22.7 Å². The van der Waals surface area contributed by atoms with E-state index in [1.165, 1.54) is 16.7 Å². The third kappa shape index (κ3) is 4.85. The van der Waals surface area contributed by atoms with E-state index in [9.17, 15) is 15.3 Å². The molecule has 0 bridgehead atoms. The SMILES string of the molecule is CC(C)(C)OC(=O)N1CCSC1=NC(=C(C#N)C#N)c1ccccc1. The van der Waals surface area contributed by atoms with Crippen molar-refractivity contribution in [1.82, 2.24) is 4.90 Å². The van der Waals surface area contributed by atoms with Crippen LogP contribution in [0.3, 0.4) is 0 Å². The first-order chi connectivity index (χ1) is 11.9. The quantitative estimate of drug-likeness (QED) is 0.754. The molecule has 1 heterocycles. The fourth-order valence-electron chi connectivity index (χ4n) is 2.07. The normalized spacial score (nSPS) is 15.4. The topological polar surface area (TPSA) is 89.5 Å². The molecule has 0 radical (unpaired) electrons. The summed E-state index contributed by atoms with van der Waals surface area (Å²) in [6, 6.07) is 12.7. The van der Waals surface area contributed by atoms with Gasteiger partial charge in [-0.2, -0.15) is 10.5 Å². The van der Waals surface area contributed by atoms with Crippen molar-refractivity contribution in [2.24, 2.45) is 4.99 Å². The maximum absolute atomic E-state index is 12.4. The number of hydrogen-bond acceptors (Lipinski definition) is 6. The lowest BCUT2D eigenvalue weighted by Gasteiger charge is -2.24. The van der Waals surface area contributed by atoms with Gasteiger partial charge in [-0.3, -0.25) is 4.90 Å². The largest absolute Gasteiger partial charge is 0.443 e. The van der Waals surface area contributed by atoms with E-state index < -0.39 is 11.7 Å². The molecule has 0 unspecified atom stereocenters. The van der Waals surface area contributed by atoms with Crippen LogP contribution in [0.4, 0.5) is 4.79 Å². The summed E-state index contributed by atoms with van der Waals surface area (Å²) in [7, 11) is 0. The van der Waals surface area contributed by atoms with Gasteiger partial charge in [-0.05, 0) is 20.8 Å². The second-order valence-corrected chi connectivity index (χ2v) is 7.25. The van der Waals surface area contributed by atoms with E-state index in [0.29, 0.717) is 23.0 Å². The lowest BCUT2D eigenvalue weighted by atomic mass is 10.1. The van der Waals surface area contributed by atoms with E-state index in [0.717, 1.165) is 0 Å². The monoisotopic (exact) mass is 354 g/mol. The fourth-order valence-corrected chi connectivity index (χ4v) is 3.00. The highest BCUT2D eigenvalue weighted by Crippen LogP contribution is 2.27. The molecule has 0 atom stereocenters. The van der Waals surface area contributed by atoms with E-state index in [1.807, 2.05) is 18.2 Å². The lowest BCUT2D eigenvalue weighted by molar-refractivity contribution is 0.0386. The van der Waals surface area contributed by atoms with E-state index in [2.05, 4.69) is 4.99 Å². The van der Waals surface area contributed by atoms with Crippen molar-refractivity contribution >= 4 is 28.7 Å². The Morgan fingerprint density at radius 3 is 2.44 bits per heavy atom. The summed E-state index contributed by atoms with van der Waals surface area (Å²) in [5, 5.41) is 18.9. The Morgan fingerprint density at radius 2 is 1.88 bits per heavy atom. The molecule has 0 N–H and O–H groups in total. The predicted molar refractivity (Wildman–Crippen MR) is 97.4 cm³/mol. The van der Waals surface area contributed by atoms with Gasteiger partial charge >= 0.3 is 6.09 Å². The smallest absolute Gasteiger partial charge is 0.416 e. The number of nitrogens with zero attached hydrogens (tertiary/aromatic N) is 4. The van der Waals surface area contributed by atoms with Crippen LogP contribution in [0.5, 0.6) is 0 Å². The summed E-state index contributed by atoms with van der Waals surface area (Å²) < 4.78 is 5.40. The highest BCUT2D eigenvalue weighted by atomic mass is 32.2. The Kier molecular flexibility index (Phi) is 5.84. The summed E-state index contributed by atoms with van der Waals surface area (Å²) in [6.45, 7) is 5.85. The van der Waals surface area contributed by atoms with Crippen LogP contribution in [0.15, 0.2) is 40.9 Å². The zero-order valence-electron chi connectivity index (χ0n) is 14.3. The molecule has 1 aliphatic heterocycles.